The summed E-state index contributed by atoms with van der Waals surface area (Å²) in [4.78, 5) is 36.7. The number of morpholine rings is 1. The SMILES string of the molecule is O=C(O)CC1CN(C(=O)C(NC(=O)OCC2c3ccccc3-c3ccccc32)C(F)(F)F)CCO1. The van der Waals surface area contributed by atoms with Crippen molar-refractivity contribution in [2.45, 2.75) is 30.7 Å². The number of carbonyl (C=O) groups excluding carboxylic acids is 2. The topological polar surface area (TPSA) is 105 Å². The number of amides is 2. The lowest BCUT2D eigenvalue weighted by Crippen LogP contribution is -2.59. The number of carboxylic acid groups (broad SMARTS) is 1. The van der Waals surface area contributed by atoms with Gasteiger partial charge in [0.25, 0.3) is 5.91 Å². The van der Waals surface area contributed by atoms with Crippen molar-refractivity contribution in [1.82, 2.24) is 10.2 Å². The first-order valence-corrected chi connectivity index (χ1v) is 11.0. The van der Waals surface area contributed by atoms with Crippen molar-refractivity contribution in [3.05, 3.63) is 59.7 Å². The summed E-state index contributed by atoms with van der Waals surface area (Å²) >= 11 is 0. The van der Waals surface area contributed by atoms with Gasteiger partial charge in [0.1, 0.15) is 6.61 Å². The van der Waals surface area contributed by atoms with Gasteiger partial charge in [0.05, 0.1) is 19.1 Å². The van der Waals surface area contributed by atoms with E-state index in [4.69, 9.17) is 14.6 Å². The predicted octanol–water partition coefficient (Wildman–Crippen LogP) is 3.16. The average Bonchev–Trinajstić information content (AvgIpc) is 3.13. The Morgan fingerprint density at radius 1 is 1.09 bits per heavy atom. The van der Waals surface area contributed by atoms with Crippen LogP contribution < -0.4 is 5.32 Å². The van der Waals surface area contributed by atoms with E-state index in [1.54, 1.807) is 5.32 Å². The van der Waals surface area contributed by atoms with Crippen LogP contribution >= 0.6 is 0 Å². The van der Waals surface area contributed by atoms with Crippen molar-refractivity contribution in [3.63, 3.8) is 0 Å². The Bertz CT molecular complexity index is 1080. The molecule has 0 aromatic heterocycles. The van der Waals surface area contributed by atoms with Gasteiger partial charge >= 0.3 is 18.2 Å². The van der Waals surface area contributed by atoms with Crippen LogP contribution in [0.5, 0.6) is 0 Å². The van der Waals surface area contributed by atoms with Crippen LogP contribution in [0.2, 0.25) is 0 Å². The molecule has 0 radical (unpaired) electrons. The molecule has 186 valence electrons. The van der Waals surface area contributed by atoms with Crippen LogP contribution in [0.3, 0.4) is 0 Å². The minimum absolute atomic E-state index is 0.112. The third kappa shape index (κ3) is 5.40. The smallest absolute Gasteiger partial charge is 0.417 e. The summed E-state index contributed by atoms with van der Waals surface area (Å²) in [5, 5.41) is 10.5. The summed E-state index contributed by atoms with van der Waals surface area (Å²) in [6.45, 7) is -0.811. The van der Waals surface area contributed by atoms with Crippen molar-refractivity contribution in [3.8, 4) is 11.1 Å². The lowest BCUT2D eigenvalue weighted by molar-refractivity contribution is -0.179. The first kappa shape index (κ1) is 24.5. The molecule has 2 N–H and O–H groups in total. The molecule has 8 nitrogen and oxygen atoms in total. The Morgan fingerprint density at radius 3 is 2.26 bits per heavy atom. The molecular weight excluding hydrogens is 469 g/mol. The van der Waals surface area contributed by atoms with E-state index in [0.717, 1.165) is 27.2 Å². The summed E-state index contributed by atoms with van der Waals surface area (Å²) in [6, 6.07) is 12.2. The van der Waals surface area contributed by atoms with Crippen LogP contribution in [0.1, 0.15) is 23.5 Å². The van der Waals surface area contributed by atoms with Crippen molar-refractivity contribution in [1.29, 1.82) is 0 Å². The van der Waals surface area contributed by atoms with Gasteiger partial charge in [-0.15, -0.1) is 0 Å². The number of rotatable bonds is 6. The minimum Gasteiger partial charge on any atom is -0.481 e. The lowest BCUT2D eigenvalue weighted by Gasteiger charge is -2.35. The fourth-order valence-corrected chi connectivity index (χ4v) is 4.46. The van der Waals surface area contributed by atoms with Crippen molar-refractivity contribution < 1.29 is 42.1 Å². The van der Waals surface area contributed by atoms with Crippen LogP contribution in [-0.4, -0.2) is 72.6 Å². The Hall–Kier alpha value is -3.60. The number of alkyl halides is 3. The number of carboxylic acids is 1. The second kappa shape index (κ2) is 9.95. The molecule has 35 heavy (non-hydrogen) atoms. The third-order valence-electron chi connectivity index (χ3n) is 6.03. The van der Waals surface area contributed by atoms with Crippen molar-refractivity contribution in [2.75, 3.05) is 26.3 Å². The van der Waals surface area contributed by atoms with Gasteiger partial charge in [-0.2, -0.15) is 13.2 Å². The fourth-order valence-electron chi connectivity index (χ4n) is 4.46. The molecule has 1 heterocycles. The second-order valence-electron chi connectivity index (χ2n) is 8.32. The molecule has 1 fully saturated rings. The van der Waals surface area contributed by atoms with Gasteiger partial charge < -0.3 is 24.8 Å². The number of carbonyl (C=O) groups is 3. The fraction of sp³-hybridized carbons (Fsp3) is 0.375. The van der Waals surface area contributed by atoms with E-state index in [-0.39, 0.29) is 32.2 Å². The number of alkyl carbamates (subject to hydrolysis) is 1. The van der Waals surface area contributed by atoms with Gasteiger partial charge in [-0.1, -0.05) is 48.5 Å². The van der Waals surface area contributed by atoms with E-state index in [9.17, 15) is 27.6 Å². The summed E-state index contributed by atoms with van der Waals surface area (Å²) in [6.07, 6.45) is -7.85. The van der Waals surface area contributed by atoms with E-state index in [0.29, 0.717) is 0 Å². The summed E-state index contributed by atoms with van der Waals surface area (Å²) in [7, 11) is 0. The van der Waals surface area contributed by atoms with Gasteiger partial charge in [-0.3, -0.25) is 9.59 Å². The molecule has 2 aliphatic rings. The maximum absolute atomic E-state index is 13.7. The van der Waals surface area contributed by atoms with Gasteiger partial charge in [-0.05, 0) is 22.3 Å². The van der Waals surface area contributed by atoms with Crippen LogP contribution in [0.15, 0.2) is 48.5 Å². The van der Waals surface area contributed by atoms with E-state index in [1.165, 1.54) is 0 Å². The average molecular weight is 492 g/mol. The Balaban J connectivity index is 1.43. The minimum atomic E-state index is -5.08. The number of aliphatic carboxylic acids is 1. The van der Waals surface area contributed by atoms with Gasteiger partial charge in [0, 0.05) is 19.0 Å². The molecule has 2 aromatic rings. The zero-order valence-electron chi connectivity index (χ0n) is 18.5. The number of halogens is 3. The van der Waals surface area contributed by atoms with Gasteiger partial charge in [-0.25, -0.2) is 4.79 Å². The highest BCUT2D eigenvalue weighted by molar-refractivity contribution is 5.87. The first-order chi connectivity index (χ1) is 16.6. The monoisotopic (exact) mass is 492 g/mol. The molecule has 2 amide bonds. The predicted molar refractivity (Wildman–Crippen MR) is 117 cm³/mol. The summed E-state index contributed by atoms with van der Waals surface area (Å²) < 4.78 is 51.4. The number of benzene rings is 2. The normalized spacial score (nSPS) is 18.4. The number of ether oxygens (including phenoxy) is 2. The molecule has 0 saturated carbocycles. The molecule has 1 aliphatic carbocycles. The highest BCUT2D eigenvalue weighted by Crippen LogP contribution is 2.44. The molecule has 2 aromatic carbocycles. The molecular formula is C24H23F3N2O6. The van der Waals surface area contributed by atoms with E-state index < -0.39 is 42.7 Å². The van der Waals surface area contributed by atoms with E-state index in [2.05, 4.69) is 0 Å². The van der Waals surface area contributed by atoms with Crippen LogP contribution in [-0.2, 0) is 19.1 Å². The van der Waals surface area contributed by atoms with E-state index in [1.807, 2.05) is 48.5 Å². The van der Waals surface area contributed by atoms with Crippen molar-refractivity contribution >= 4 is 18.0 Å². The largest absolute Gasteiger partial charge is 0.481 e. The Labute approximate surface area is 198 Å². The van der Waals surface area contributed by atoms with Crippen molar-refractivity contribution in [2.24, 2.45) is 0 Å². The number of hydrogen-bond acceptors (Lipinski definition) is 5. The maximum atomic E-state index is 13.7. The van der Waals surface area contributed by atoms with Crippen LogP contribution in [0, 0.1) is 0 Å². The number of nitrogens with zero attached hydrogens (tertiary/aromatic N) is 1. The Morgan fingerprint density at radius 2 is 1.69 bits per heavy atom. The van der Waals surface area contributed by atoms with Crippen LogP contribution in [0.4, 0.5) is 18.0 Å². The second-order valence-corrected chi connectivity index (χ2v) is 8.32. The molecule has 1 saturated heterocycles. The van der Waals surface area contributed by atoms with Gasteiger partial charge in [0.15, 0.2) is 0 Å². The van der Waals surface area contributed by atoms with Gasteiger partial charge in [0.2, 0.25) is 6.04 Å². The summed E-state index contributed by atoms with van der Waals surface area (Å²) in [5.74, 6) is -2.96. The molecule has 1 aliphatic heterocycles. The molecule has 2 atom stereocenters. The standard InChI is InChI=1S/C24H23F3N2O6/c25-24(26,27)21(22(32)29-9-10-34-14(12-29)11-20(30)31)28-23(33)35-13-19-17-7-3-1-5-15(17)16-6-2-4-8-18(16)19/h1-8,14,19,21H,9-13H2,(H,28,33)(H,30,31). The lowest BCUT2D eigenvalue weighted by atomic mass is 9.98. The zero-order valence-corrected chi connectivity index (χ0v) is 18.5. The summed E-state index contributed by atoms with van der Waals surface area (Å²) in [5.41, 5.74) is 3.71. The third-order valence-corrected chi connectivity index (χ3v) is 6.03. The molecule has 11 heteroatoms. The molecule has 4 rings (SSSR count). The molecule has 0 bridgehead atoms. The number of hydrogen-bond donors (Lipinski definition) is 2. The zero-order chi connectivity index (χ0) is 25.2. The number of nitrogens with one attached hydrogen (secondary N) is 1. The number of fused-ring (bicyclic) bond motifs is 3. The molecule has 0 spiro atoms. The highest BCUT2D eigenvalue weighted by Gasteiger charge is 2.49. The highest BCUT2D eigenvalue weighted by atomic mass is 19.4. The van der Waals surface area contributed by atoms with E-state index >= 15 is 0 Å². The maximum Gasteiger partial charge on any atom is 0.417 e. The van der Waals surface area contributed by atoms with Crippen LogP contribution in [0.25, 0.3) is 11.1 Å². The Kier molecular flexibility index (Phi) is 6.97. The first-order valence-electron chi connectivity index (χ1n) is 11.0. The quantitative estimate of drug-likeness (QED) is 0.642. The molecule has 2 unspecified atom stereocenters.